The van der Waals surface area contributed by atoms with E-state index in [2.05, 4.69) is 10.1 Å². The lowest BCUT2D eigenvalue weighted by atomic mass is 10.1. The van der Waals surface area contributed by atoms with E-state index in [0.29, 0.717) is 0 Å². The van der Waals surface area contributed by atoms with Crippen molar-refractivity contribution in [3.05, 3.63) is 40.6 Å². The van der Waals surface area contributed by atoms with Gasteiger partial charge >= 0.3 is 17.9 Å². The molecule has 0 radical (unpaired) electrons. The fourth-order valence-corrected chi connectivity index (χ4v) is 2.48. The Bertz CT molecular complexity index is 814. The molecule has 0 saturated heterocycles. The Balaban J connectivity index is 2.42. The molecule has 0 fully saturated rings. The Kier molecular flexibility index (Phi) is 5.58. The number of hydrogen-bond donors (Lipinski definition) is 4. The minimum absolute atomic E-state index is 0.00281. The molecule has 0 saturated carbocycles. The first-order valence-corrected chi connectivity index (χ1v) is 7.39. The third-order valence-corrected chi connectivity index (χ3v) is 3.70. The van der Waals surface area contributed by atoms with Gasteiger partial charge in [0.15, 0.2) is 0 Å². The van der Waals surface area contributed by atoms with E-state index < -0.39 is 34.9 Å². The predicted molar refractivity (Wildman–Crippen MR) is 86.7 cm³/mol. The quantitative estimate of drug-likeness (QED) is 0.480. The van der Waals surface area contributed by atoms with Crippen LogP contribution in [0, 0.1) is 0 Å². The van der Waals surface area contributed by atoms with Gasteiger partial charge in [0.2, 0.25) is 0 Å². The summed E-state index contributed by atoms with van der Waals surface area (Å²) in [4.78, 5) is 47.9. The number of aromatic carboxylic acids is 2. The van der Waals surface area contributed by atoms with Gasteiger partial charge in [-0.1, -0.05) is 0 Å². The average Bonchev–Trinajstić information content (AvgIpc) is 2.90. The van der Waals surface area contributed by atoms with E-state index >= 15 is 0 Å². The normalized spacial score (nSPS) is 13.8. The highest BCUT2D eigenvalue weighted by Gasteiger charge is 2.34. The lowest BCUT2D eigenvalue weighted by Gasteiger charge is -2.15. The highest BCUT2D eigenvalue weighted by atomic mass is 16.5. The first-order chi connectivity index (χ1) is 12.3. The Hall–Kier alpha value is -3.40. The number of methoxy groups -OCH3 is 1. The standard InChI is InChI=1S/C16H16N2O8/c1-26-16(25)11-7-18(4-5-19)13(20)12(11)17-8-2-3-9(14(21)22)10(6-8)15(23)24/h2-3,6,17,19H,4-5,7H2,1H3,(H,21,22)(H,23,24). The van der Waals surface area contributed by atoms with Gasteiger partial charge in [-0.15, -0.1) is 0 Å². The van der Waals surface area contributed by atoms with E-state index in [9.17, 15) is 19.2 Å². The molecule has 0 unspecified atom stereocenters. The number of β-amino-alcohol motifs (C(OH)–C–C–N with tert-alkyl or cyclic N) is 1. The maximum absolute atomic E-state index is 12.4. The summed E-state index contributed by atoms with van der Waals surface area (Å²) in [5.41, 5.74) is -0.872. The molecule has 0 bridgehead atoms. The zero-order valence-corrected chi connectivity index (χ0v) is 13.7. The molecule has 26 heavy (non-hydrogen) atoms. The van der Waals surface area contributed by atoms with Crippen LogP contribution in [0.15, 0.2) is 29.5 Å². The molecule has 4 N–H and O–H groups in total. The van der Waals surface area contributed by atoms with Gasteiger partial charge in [-0.05, 0) is 18.2 Å². The summed E-state index contributed by atoms with van der Waals surface area (Å²) >= 11 is 0. The predicted octanol–water partition coefficient (Wildman–Crippen LogP) is -0.243. The summed E-state index contributed by atoms with van der Waals surface area (Å²) in [5, 5.41) is 29.9. The minimum Gasteiger partial charge on any atom is -0.478 e. The summed E-state index contributed by atoms with van der Waals surface area (Å²) in [6, 6.07) is 3.41. The monoisotopic (exact) mass is 364 g/mol. The molecule has 0 aliphatic carbocycles. The fraction of sp³-hybridized carbons (Fsp3) is 0.250. The van der Waals surface area contributed by atoms with Crippen molar-refractivity contribution in [1.82, 2.24) is 4.90 Å². The number of ether oxygens (including phenoxy) is 1. The van der Waals surface area contributed by atoms with Crippen LogP contribution < -0.4 is 5.32 Å². The van der Waals surface area contributed by atoms with Crippen LogP contribution >= 0.6 is 0 Å². The van der Waals surface area contributed by atoms with Gasteiger partial charge < -0.3 is 30.3 Å². The molecule has 1 aliphatic rings. The van der Waals surface area contributed by atoms with Gasteiger partial charge in [-0.25, -0.2) is 14.4 Å². The van der Waals surface area contributed by atoms with E-state index in [1.165, 1.54) is 11.0 Å². The van der Waals surface area contributed by atoms with Crippen LogP contribution in [0.2, 0.25) is 0 Å². The van der Waals surface area contributed by atoms with E-state index in [1.54, 1.807) is 0 Å². The van der Waals surface area contributed by atoms with Gasteiger partial charge in [0, 0.05) is 12.2 Å². The van der Waals surface area contributed by atoms with Crippen molar-refractivity contribution in [2.75, 3.05) is 32.1 Å². The van der Waals surface area contributed by atoms with E-state index in [0.717, 1.165) is 19.2 Å². The van der Waals surface area contributed by atoms with Crippen LogP contribution in [0.4, 0.5) is 5.69 Å². The second-order valence-corrected chi connectivity index (χ2v) is 5.29. The van der Waals surface area contributed by atoms with E-state index in [4.69, 9.17) is 15.3 Å². The number of amides is 1. The first-order valence-electron chi connectivity index (χ1n) is 7.39. The molecule has 10 nitrogen and oxygen atoms in total. The fourth-order valence-electron chi connectivity index (χ4n) is 2.48. The first kappa shape index (κ1) is 18.9. The van der Waals surface area contributed by atoms with E-state index in [1.807, 2.05) is 0 Å². The summed E-state index contributed by atoms with van der Waals surface area (Å²) in [5.74, 6) is -4.18. The van der Waals surface area contributed by atoms with Crippen LogP contribution in [0.3, 0.4) is 0 Å². The third kappa shape index (κ3) is 3.64. The minimum atomic E-state index is -1.45. The lowest BCUT2D eigenvalue weighted by Crippen LogP contribution is -2.31. The molecule has 138 valence electrons. The molecule has 1 aromatic rings. The largest absolute Gasteiger partial charge is 0.478 e. The molecule has 1 aromatic carbocycles. The number of rotatable bonds is 7. The number of carbonyl (C=O) groups excluding carboxylic acids is 2. The zero-order valence-electron chi connectivity index (χ0n) is 13.7. The second-order valence-electron chi connectivity index (χ2n) is 5.29. The Morgan fingerprint density at radius 3 is 2.38 bits per heavy atom. The van der Waals surface area contributed by atoms with E-state index in [-0.39, 0.29) is 36.7 Å². The molecule has 0 spiro atoms. The van der Waals surface area contributed by atoms with Crippen LogP contribution in [0.1, 0.15) is 20.7 Å². The number of aliphatic hydroxyl groups is 1. The molecular weight excluding hydrogens is 348 g/mol. The maximum atomic E-state index is 12.4. The highest BCUT2D eigenvalue weighted by molar-refractivity contribution is 6.09. The summed E-state index contributed by atoms with van der Waals surface area (Å²) in [6.07, 6.45) is 0. The van der Waals surface area contributed by atoms with Crippen molar-refractivity contribution in [1.29, 1.82) is 0 Å². The smallest absolute Gasteiger partial charge is 0.337 e. The van der Waals surface area contributed by atoms with Crippen molar-refractivity contribution >= 4 is 29.5 Å². The van der Waals surface area contributed by atoms with Gasteiger partial charge in [0.1, 0.15) is 5.70 Å². The van der Waals surface area contributed by atoms with Crippen LogP contribution in [-0.2, 0) is 14.3 Å². The zero-order chi connectivity index (χ0) is 19.4. The van der Waals surface area contributed by atoms with Crippen LogP contribution in [-0.4, -0.2) is 70.8 Å². The molecule has 1 heterocycles. The van der Waals surface area contributed by atoms with Crippen LogP contribution in [0.25, 0.3) is 0 Å². The molecule has 0 aromatic heterocycles. The van der Waals surface area contributed by atoms with Crippen molar-refractivity contribution in [2.45, 2.75) is 0 Å². The van der Waals surface area contributed by atoms with Crippen molar-refractivity contribution in [3.63, 3.8) is 0 Å². The second kappa shape index (κ2) is 7.66. The van der Waals surface area contributed by atoms with Gasteiger partial charge in [0.25, 0.3) is 5.91 Å². The number of nitrogens with one attached hydrogen (secondary N) is 1. The SMILES string of the molecule is COC(=O)C1=C(Nc2ccc(C(=O)O)c(C(=O)O)c2)C(=O)N(CCO)C1. The number of esters is 1. The molecule has 2 rings (SSSR count). The average molecular weight is 364 g/mol. The highest BCUT2D eigenvalue weighted by Crippen LogP contribution is 2.24. The van der Waals surface area contributed by atoms with Gasteiger partial charge in [0.05, 0.1) is 37.0 Å². The number of anilines is 1. The molecule has 10 heteroatoms. The molecule has 1 amide bonds. The number of aliphatic hydroxyl groups excluding tert-OH is 1. The lowest BCUT2D eigenvalue weighted by molar-refractivity contribution is -0.136. The molecular formula is C16H16N2O8. The number of carboxylic acids is 2. The van der Waals surface area contributed by atoms with Crippen molar-refractivity contribution < 1.29 is 39.2 Å². The van der Waals surface area contributed by atoms with Gasteiger partial charge in [-0.3, -0.25) is 4.79 Å². The number of benzene rings is 1. The Morgan fingerprint density at radius 2 is 1.85 bits per heavy atom. The Morgan fingerprint density at radius 1 is 1.19 bits per heavy atom. The van der Waals surface area contributed by atoms with Crippen LogP contribution in [0.5, 0.6) is 0 Å². The molecule has 1 aliphatic heterocycles. The summed E-state index contributed by atoms with van der Waals surface area (Å²) in [6.45, 7) is -0.375. The van der Waals surface area contributed by atoms with Gasteiger partial charge in [-0.2, -0.15) is 0 Å². The topological polar surface area (TPSA) is 153 Å². The Labute approximate surface area is 147 Å². The number of hydrogen-bond acceptors (Lipinski definition) is 7. The maximum Gasteiger partial charge on any atom is 0.337 e. The van der Waals surface area contributed by atoms with Crippen molar-refractivity contribution in [2.24, 2.45) is 0 Å². The number of nitrogens with zero attached hydrogens (tertiary/aromatic N) is 1. The number of carboxylic acid groups (broad SMARTS) is 2. The number of carbonyl (C=O) groups is 4. The summed E-state index contributed by atoms with van der Waals surface area (Å²) in [7, 11) is 1.15. The van der Waals surface area contributed by atoms with Crippen molar-refractivity contribution in [3.8, 4) is 0 Å². The third-order valence-electron chi connectivity index (χ3n) is 3.70. The summed E-state index contributed by atoms with van der Waals surface area (Å²) < 4.78 is 4.64. The molecule has 0 atom stereocenters.